The van der Waals surface area contributed by atoms with Crippen molar-refractivity contribution in [1.29, 1.82) is 0 Å². The third-order valence-corrected chi connectivity index (χ3v) is 2.49. The van der Waals surface area contributed by atoms with E-state index in [0.29, 0.717) is 13.0 Å². The van der Waals surface area contributed by atoms with Crippen LogP contribution in [0.2, 0.25) is 0 Å². The molecule has 1 heterocycles. The maximum absolute atomic E-state index is 11.8. The number of carboxylic acids is 1. The highest BCUT2D eigenvalue weighted by atomic mass is 16.4. The van der Waals surface area contributed by atoms with Gasteiger partial charge in [0, 0.05) is 13.0 Å². The van der Waals surface area contributed by atoms with E-state index in [1.165, 1.54) is 6.08 Å². The van der Waals surface area contributed by atoms with Gasteiger partial charge in [0.2, 0.25) is 11.8 Å². The molecule has 7 heteroatoms. The zero-order chi connectivity index (χ0) is 13.0. The fraction of sp³-hybridized carbons (Fsp3) is 0.500. The first-order chi connectivity index (χ1) is 7.93. The van der Waals surface area contributed by atoms with Crippen LogP contribution in [0.3, 0.4) is 0 Å². The lowest BCUT2D eigenvalue weighted by Crippen LogP contribution is -2.43. The van der Waals surface area contributed by atoms with Gasteiger partial charge in [-0.25, -0.2) is 4.79 Å². The van der Waals surface area contributed by atoms with Gasteiger partial charge in [-0.2, -0.15) is 0 Å². The smallest absolute Gasteiger partial charge is 0.352 e. The molecule has 1 aliphatic heterocycles. The van der Waals surface area contributed by atoms with Crippen LogP contribution in [-0.4, -0.2) is 40.4 Å². The van der Waals surface area contributed by atoms with E-state index in [9.17, 15) is 14.4 Å². The Balaban J connectivity index is 2.61. The summed E-state index contributed by atoms with van der Waals surface area (Å²) in [7, 11) is 0. The molecular weight excluding hydrogens is 226 g/mol. The summed E-state index contributed by atoms with van der Waals surface area (Å²) in [5.41, 5.74) is 10.5. The summed E-state index contributed by atoms with van der Waals surface area (Å²) in [5.74, 6) is -2.18. The standard InChI is InChI=1S/C10H15N3O4/c11-6(3-4-8(12)14)9(15)13-5-1-2-7(13)10(16)17/h2,6H,1,3-5,11H2,(H2,12,14)(H,16,17)/t6-/m0/s1. The maximum atomic E-state index is 11.8. The molecule has 7 nitrogen and oxygen atoms in total. The van der Waals surface area contributed by atoms with Crippen molar-refractivity contribution in [2.75, 3.05) is 6.54 Å². The summed E-state index contributed by atoms with van der Waals surface area (Å²) in [6.45, 7) is 0.310. The van der Waals surface area contributed by atoms with Gasteiger partial charge in [-0.3, -0.25) is 9.59 Å². The number of carbonyl (C=O) groups is 3. The van der Waals surface area contributed by atoms with Gasteiger partial charge in [-0.05, 0) is 12.8 Å². The molecule has 1 atom stereocenters. The van der Waals surface area contributed by atoms with E-state index in [2.05, 4.69) is 0 Å². The van der Waals surface area contributed by atoms with Crippen LogP contribution in [0.5, 0.6) is 0 Å². The number of aliphatic carboxylic acids is 1. The fourth-order valence-electron chi connectivity index (χ4n) is 1.61. The van der Waals surface area contributed by atoms with Crippen LogP contribution in [0.25, 0.3) is 0 Å². The Hall–Kier alpha value is -1.89. The van der Waals surface area contributed by atoms with E-state index in [0.717, 1.165) is 4.90 Å². The predicted molar refractivity (Wildman–Crippen MR) is 58.5 cm³/mol. The number of amides is 2. The SMILES string of the molecule is NC(=O)CC[C@H](N)C(=O)N1CCC=C1C(=O)O. The van der Waals surface area contributed by atoms with E-state index < -0.39 is 23.8 Å². The second-order valence-electron chi connectivity index (χ2n) is 3.78. The minimum absolute atomic E-state index is 0.00681. The van der Waals surface area contributed by atoms with Crippen molar-refractivity contribution < 1.29 is 19.5 Å². The first-order valence-electron chi connectivity index (χ1n) is 5.22. The van der Waals surface area contributed by atoms with Crippen LogP contribution < -0.4 is 11.5 Å². The molecule has 0 fully saturated rings. The molecule has 94 valence electrons. The Kier molecular flexibility index (Phi) is 4.22. The van der Waals surface area contributed by atoms with Crippen LogP contribution in [0, 0.1) is 0 Å². The average Bonchev–Trinajstić information content (AvgIpc) is 2.73. The third kappa shape index (κ3) is 3.28. The molecule has 0 bridgehead atoms. The lowest BCUT2D eigenvalue weighted by atomic mass is 10.1. The van der Waals surface area contributed by atoms with E-state index >= 15 is 0 Å². The molecule has 0 aromatic rings. The Morgan fingerprint density at radius 2 is 2.12 bits per heavy atom. The normalized spacial score (nSPS) is 16.5. The lowest BCUT2D eigenvalue weighted by molar-refractivity contribution is -0.139. The monoisotopic (exact) mass is 241 g/mol. The summed E-state index contributed by atoms with van der Waals surface area (Å²) in [6.07, 6.45) is 2.10. The summed E-state index contributed by atoms with van der Waals surface area (Å²) in [4.78, 5) is 34.3. The van der Waals surface area contributed by atoms with Gasteiger partial charge in [-0.1, -0.05) is 6.08 Å². The average molecular weight is 241 g/mol. The van der Waals surface area contributed by atoms with Crippen molar-refractivity contribution in [3.8, 4) is 0 Å². The van der Waals surface area contributed by atoms with E-state index in [1.54, 1.807) is 0 Å². The molecule has 1 rings (SSSR count). The van der Waals surface area contributed by atoms with Crippen molar-refractivity contribution in [2.45, 2.75) is 25.3 Å². The number of nitrogens with zero attached hydrogens (tertiary/aromatic N) is 1. The number of nitrogens with two attached hydrogens (primary N) is 2. The molecular formula is C10H15N3O4. The highest BCUT2D eigenvalue weighted by molar-refractivity contribution is 5.95. The number of primary amides is 1. The van der Waals surface area contributed by atoms with Gasteiger partial charge in [0.15, 0.2) is 0 Å². The van der Waals surface area contributed by atoms with Crippen LogP contribution in [-0.2, 0) is 14.4 Å². The largest absolute Gasteiger partial charge is 0.477 e. The molecule has 0 unspecified atom stereocenters. The Morgan fingerprint density at radius 1 is 1.47 bits per heavy atom. The summed E-state index contributed by atoms with van der Waals surface area (Å²) in [6, 6.07) is -0.900. The molecule has 1 aliphatic rings. The zero-order valence-corrected chi connectivity index (χ0v) is 9.26. The Bertz CT molecular complexity index is 378. The van der Waals surface area contributed by atoms with E-state index in [1.807, 2.05) is 0 Å². The molecule has 0 spiro atoms. The van der Waals surface area contributed by atoms with Crippen molar-refractivity contribution in [1.82, 2.24) is 4.90 Å². The molecule has 5 N–H and O–H groups in total. The zero-order valence-electron chi connectivity index (χ0n) is 9.26. The molecule has 0 aliphatic carbocycles. The van der Waals surface area contributed by atoms with Gasteiger partial charge in [0.05, 0.1) is 6.04 Å². The molecule has 0 saturated heterocycles. The molecule has 2 amide bonds. The van der Waals surface area contributed by atoms with Gasteiger partial charge in [-0.15, -0.1) is 0 Å². The highest BCUT2D eigenvalue weighted by Gasteiger charge is 2.29. The van der Waals surface area contributed by atoms with Gasteiger partial charge >= 0.3 is 5.97 Å². The number of carbonyl (C=O) groups excluding carboxylic acids is 2. The van der Waals surface area contributed by atoms with Gasteiger partial charge in [0.1, 0.15) is 5.70 Å². The molecule has 0 aromatic heterocycles. The van der Waals surface area contributed by atoms with Crippen molar-refractivity contribution >= 4 is 17.8 Å². The van der Waals surface area contributed by atoms with Crippen LogP contribution >= 0.6 is 0 Å². The Morgan fingerprint density at radius 3 is 2.65 bits per heavy atom. The molecule has 17 heavy (non-hydrogen) atoms. The second-order valence-corrected chi connectivity index (χ2v) is 3.78. The first kappa shape index (κ1) is 13.2. The van der Waals surface area contributed by atoms with E-state index in [4.69, 9.17) is 16.6 Å². The van der Waals surface area contributed by atoms with Crippen molar-refractivity contribution in [2.24, 2.45) is 11.5 Å². The van der Waals surface area contributed by atoms with Crippen molar-refractivity contribution in [3.05, 3.63) is 11.8 Å². The third-order valence-electron chi connectivity index (χ3n) is 2.49. The van der Waals surface area contributed by atoms with Crippen molar-refractivity contribution in [3.63, 3.8) is 0 Å². The number of hydrogen-bond acceptors (Lipinski definition) is 4. The molecule has 0 aromatic carbocycles. The predicted octanol–water partition coefficient (Wildman–Crippen LogP) is -1.22. The second kappa shape index (κ2) is 5.44. The Labute approximate surface area is 98.0 Å². The maximum Gasteiger partial charge on any atom is 0.352 e. The number of rotatable bonds is 5. The van der Waals surface area contributed by atoms with Gasteiger partial charge in [0.25, 0.3) is 0 Å². The van der Waals surface area contributed by atoms with Gasteiger partial charge < -0.3 is 21.5 Å². The van der Waals surface area contributed by atoms with E-state index in [-0.39, 0.29) is 18.5 Å². The fourth-order valence-corrected chi connectivity index (χ4v) is 1.61. The summed E-state index contributed by atoms with van der Waals surface area (Å²) in [5, 5.41) is 8.86. The van der Waals surface area contributed by atoms with Crippen LogP contribution in [0.1, 0.15) is 19.3 Å². The summed E-state index contributed by atoms with van der Waals surface area (Å²) < 4.78 is 0. The molecule has 0 radical (unpaired) electrons. The number of carboxylic acid groups (broad SMARTS) is 1. The highest BCUT2D eigenvalue weighted by Crippen LogP contribution is 2.16. The minimum atomic E-state index is -1.15. The van der Waals surface area contributed by atoms with Crippen LogP contribution in [0.4, 0.5) is 0 Å². The summed E-state index contributed by atoms with van der Waals surface area (Å²) >= 11 is 0. The van der Waals surface area contributed by atoms with Crippen LogP contribution in [0.15, 0.2) is 11.8 Å². The lowest BCUT2D eigenvalue weighted by Gasteiger charge is -2.21. The minimum Gasteiger partial charge on any atom is -0.477 e. The quantitative estimate of drug-likeness (QED) is 0.556. The first-order valence-corrected chi connectivity index (χ1v) is 5.22. The molecule has 0 saturated carbocycles. The topological polar surface area (TPSA) is 127 Å². The number of hydrogen-bond donors (Lipinski definition) is 3.